The molecular formula is C36H36Br2F3N3O3S. The van der Waals surface area contributed by atoms with Crippen molar-refractivity contribution in [3.05, 3.63) is 87.3 Å². The normalized spacial score (nSPS) is 16.0. The van der Waals surface area contributed by atoms with E-state index in [0.717, 1.165) is 74.3 Å². The van der Waals surface area contributed by atoms with Gasteiger partial charge in [0.1, 0.15) is 19.0 Å². The van der Waals surface area contributed by atoms with Gasteiger partial charge in [0.25, 0.3) is 0 Å². The molecule has 1 saturated heterocycles. The van der Waals surface area contributed by atoms with Gasteiger partial charge in [-0.15, -0.1) is 0 Å². The number of hydrogen-bond donors (Lipinski definition) is 0. The molecule has 0 amide bonds. The summed E-state index contributed by atoms with van der Waals surface area (Å²) in [6, 6.07) is 21.8. The number of carbonyl (C=O) groups excluding carboxylic acids is 1. The van der Waals surface area contributed by atoms with E-state index in [1.54, 1.807) is 6.07 Å². The minimum Gasteiger partial charge on any atom is -0.491 e. The highest BCUT2D eigenvalue weighted by atomic mass is 79.9. The van der Waals surface area contributed by atoms with Crippen LogP contribution < -0.4 is 9.64 Å². The molecule has 6 nitrogen and oxygen atoms in total. The van der Waals surface area contributed by atoms with Crippen LogP contribution in [0.25, 0.3) is 10.8 Å². The molecule has 0 aromatic heterocycles. The molecule has 4 aromatic rings. The number of halogens is 5. The van der Waals surface area contributed by atoms with Crippen LogP contribution in [0.1, 0.15) is 18.9 Å². The molecule has 48 heavy (non-hydrogen) atoms. The molecule has 0 aliphatic carbocycles. The zero-order valence-electron chi connectivity index (χ0n) is 26.4. The van der Waals surface area contributed by atoms with Gasteiger partial charge in [0.2, 0.25) is 0 Å². The first-order valence-electron chi connectivity index (χ1n) is 15.9. The van der Waals surface area contributed by atoms with Gasteiger partial charge in [-0.05, 0) is 95.1 Å². The van der Waals surface area contributed by atoms with Gasteiger partial charge < -0.3 is 19.3 Å². The van der Waals surface area contributed by atoms with Gasteiger partial charge in [-0.1, -0.05) is 52.0 Å². The number of nitrogens with zero attached hydrogens (tertiary/aromatic N) is 3. The number of hydrogen-bond acceptors (Lipinski definition) is 7. The highest BCUT2D eigenvalue weighted by molar-refractivity contribution is 9.11. The summed E-state index contributed by atoms with van der Waals surface area (Å²) < 4.78 is 54.0. The zero-order chi connectivity index (χ0) is 33.8. The zero-order valence-corrected chi connectivity index (χ0v) is 30.4. The third-order valence-electron chi connectivity index (χ3n) is 8.70. The molecule has 2 aliphatic rings. The number of fused-ring (bicyclic) bond motifs is 3. The van der Waals surface area contributed by atoms with Crippen LogP contribution in [0.5, 0.6) is 5.75 Å². The summed E-state index contributed by atoms with van der Waals surface area (Å²) in [7, 11) is 0. The molecule has 0 spiro atoms. The van der Waals surface area contributed by atoms with E-state index in [1.165, 1.54) is 23.9 Å². The van der Waals surface area contributed by atoms with Crippen LogP contribution in [-0.4, -0.2) is 74.8 Å². The molecule has 1 atom stereocenters. The van der Waals surface area contributed by atoms with Gasteiger partial charge in [-0.3, -0.25) is 9.69 Å². The third-order valence-corrected chi connectivity index (χ3v) is 11.1. The predicted molar refractivity (Wildman–Crippen MR) is 191 cm³/mol. The smallest absolute Gasteiger partial charge is 0.416 e. The first-order valence-corrected chi connectivity index (χ1v) is 18.3. The lowest BCUT2D eigenvalue weighted by Crippen LogP contribution is -2.47. The second kappa shape index (κ2) is 15.4. The Kier molecular flexibility index (Phi) is 11.3. The Bertz CT molecular complexity index is 1770. The first kappa shape index (κ1) is 35.1. The van der Waals surface area contributed by atoms with Crippen molar-refractivity contribution in [2.24, 2.45) is 5.92 Å². The second-order valence-electron chi connectivity index (χ2n) is 12.1. The monoisotopic (exact) mass is 805 g/mol. The van der Waals surface area contributed by atoms with Crippen LogP contribution in [0.4, 0.5) is 24.5 Å². The Morgan fingerprint density at radius 2 is 1.60 bits per heavy atom. The summed E-state index contributed by atoms with van der Waals surface area (Å²) in [5, 5.41) is 2.11. The highest BCUT2D eigenvalue weighted by Gasteiger charge is 2.33. The standard InChI is InChI=1S/C36H36Br2F3N3O3S/c1-24(23-47-31-11-7-25-21-27(37)9-10-28(25)34(31)38)35(45)46-20-19-43-17-15-42(16-18-43)13-4-14-44-29-5-2-3-6-32(29)48-33-12-8-26(22-30(33)44)36(39,40)41/h2-3,5-12,21-22,24H,4,13-20,23H2,1H3. The fourth-order valence-corrected chi connectivity index (χ4v) is 8.05. The highest BCUT2D eigenvalue weighted by Crippen LogP contribution is 2.49. The van der Waals surface area contributed by atoms with E-state index in [0.29, 0.717) is 31.1 Å². The van der Waals surface area contributed by atoms with Crippen molar-refractivity contribution in [1.29, 1.82) is 0 Å². The lowest BCUT2D eigenvalue weighted by atomic mass is 10.1. The number of rotatable bonds is 11. The minimum atomic E-state index is -4.39. The summed E-state index contributed by atoms with van der Waals surface area (Å²) in [6.45, 7) is 7.99. The molecular weight excluding hydrogens is 771 g/mol. The lowest BCUT2D eigenvalue weighted by molar-refractivity contribution is -0.149. The number of piperazine rings is 1. The largest absolute Gasteiger partial charge is 0.491 e. The third kappa shape index (κ3) is 8.33. The van der Waals surface area contributed by atoms with Crippen molar-refractivity contribution in [3.63, 3.8) is 0 Å². The van der Waals surface area contributed by atoms with Crippen molar-refractivity contribution in [2.45, 2.75) is 29.3 Å². The predicted octanol–water partition coefficient (Wildman–Crippen LogP) is 9.25. The topological polar surface area (TPSA) is 45.3 Å². The number of esters is 1. The van der Waals surface area contributed by atoms with Crippen molar-refractivity contribution < 1.29 is 27.4 Å². The molecule has 0 bridgehead atoms. The van der Waals surface area contributed by atoms with E-state index in [1.807, 2.05) is 66.4 Å². The second-order valence-corrected chi connectivity index (χ2v) is 14.9. The fourth-order valence-electron chi connectivity index (χ4n) is 5.99. The number of para-hydroxylation sites is 1. The van der Waals surface area contributed by atoms with E-state index in [4.69, 9.17) is 9.47 Å². The molecule has 0 radical (unpaired) electrons. The SMILES string of the molecule is CC(COc1ccc2cc(Br)ccc2c1Br)C(=O)OCCN1CCN(CCCN2c3ccccc3Sc3ccc(C(F)(F)F)cc32)CC1. The van der Waals surface area contributed by atoms with Crippen LogP contribution in [0, 0.1) is 5.92 Å². The number of benzene rings is 4. The molecule has 12 heteroatoms. The van der Waals surface area contributed by atoms with Crippen LogP contribution in [0.2, 0.25) is 0 Å². The number of alkyl halides is 3. The van der Waals surface area contributed by atoms with Gasteiger partial charge in [0.15, 0.2) is 0 Å². The molecule has 0 N–H and O–H groups in total. The maximum atomic E-state index is 13.5. The molecule has 254 valence electrons. The lowest BCUT2D eigenvalue weighted by Gasteiger charge is -2.36. The van der Waals surface area contributed by atoms with Crippen LogP contribution in [0.3, 0.4) is 0 Å². The molecule has 0 saturated carbocycles. The van der Waals surface area contributed by atoms with Crippen molar-refractivity contribution in [3.8, 4) is 5.75 Å². The quantitative estimate of drug-likeness (QED) is 0.140. The summed E-state index contributed by atoms with van der Waals surface area (Å²) in [5.41, 5.74) is 0.937. The van der Waals surface area contributed by atoms with Gasteiger partial charge in [0, 0.05) is 53.5 Å². The molecule has 6 rings (SSSR count). The van der Waals surface area contributed by atoms with E-state index < -0.39 is 17.7 Å². The molecule has 1 fully saturated rings. The molecule has 2 heterocycles. The number of carbonyl (C=O) groups is 1. The maximum absolute atomic E-state index is 13.5. The Morgan fingerprint density at radius 3 is 2.38 bits per heavy atom. The van der Waals surface area contributed by atoms with E-state index in [2.05, 4.69) is 41.7 Å². The van der Waals surface area contributed by atoms with Crippen LogP contribution in [0.15, 0.2) is 91.5 Å². The Balaban J connectivity index is 0.923. The Hall–Kier alpha value is -2.77. The van der Waals surface area contributed by atoms with Gasteiger partial charge >= 0.3 is 12.1 Å². The van der Waals surface area contributed by atoms with Gasteiger partial charge in [-0.25, -0.2) is 0 Å². The molecule has 4 aromatic carbocycles. The van der Waals surface area contributed by atoms with Crippen molar-refractivity contribution >= 4 is 71.7 Å². The van der Waals surface area contributed by atoms with E-state index in [9.17, 15) is 18.0 Å². The van der Waals surface area contributed by atoms with E-state index >= 15 is 0 Å². The minimum absolute atomic E-state index is 0.217. The average molecular weight is 808 g/mol. The number of anilines is 2. The van der Waals surface area contributed by atoms with Crippen LogP contribution in [-0.2, 0) is 15.7 Å². The van der Waals surface area contributed by atoms with Gasteiger partial charge in [0.05, 0.1) is 27.3 Å². The number of ether oxygens (including phenoxy) is 2. The Labute approximate surface area is 299 Å². The van der Waals surface area contributed by atoms with Crippen molar-refractivity contribution in [2.75, 3.05) is 63.9 Å². The molecule has 2 aliphatic heterocycles. The van der Waals surface area contributed by atoms with Gasteiger partial charge in [-0.2, -0.15) is 13.2 Å². The van der Waals surface area contributed by atoms with Crippen LogP contribution >= 0.6 is 43.6 Å². The maximum Gasteiger partial charge on any atom is 0.416 e. The molecule has 1 unspecified atom stereocenters. The summed E-state index contributed by atoms with van der Waals surface area (Å²) in [4.78, 5) is 21.3. The first-order chi connectivity index (χ1) is 23.1. The fraction of sp³-hybridized carbons (Fsp3) is 0.361. The summed E-state index contributed by atoms with van der Waals surface area (Å²) in [5.74, 6) is -0.00886. The Morgan fingerprint density at radius 1 is 0.875 bits per heavy atom. The average Bonchev–Trinajstić information content (AvgIpc) is 3.07. The van der Waals surface area contributed by atoms with Crippen molar-refractivity contribution in [1.82, 2.24) is 9.80 Å². The summed E-state index contributed by atoms with van der Waals surface area (Å²) >= 11 is 8.64. The van der Waals surface area contributed by atoms with E-state index in [-0.39, 0.29) is 12.6 Å². The summed E-state index contributed by atoms with van der Waals surface area (Å²) in [6.07, 6.45) is -3.57.